The first-order valence-corrected chi connectivity index (χ1v) is 7.42. The van der Waals surface area contributed by atoms with Crippen molar-refractivity contribution in [3.63, 3.8) is 0 Å². The third kappa shape index (κ3) is 5.77. The molecule has 0 aliphatic heterocycles. The van der Waals surface area contributed by atoms with Crippen LogP contribution in [0.3, 0.4) is 0 Å². The Morgan fingerprint density at radius 1 is 1.00 bits per heavy atom. The summed E-state index contributed by atoms with van der Waals surface area (Å²) in [5, 5.41) is 0. The Morgan fingerprint density at radius 2 is 1.40 bits per heavy atom. The molecule has 0 heterocycles. The van der Waals surface area contributed by atoms with Gasteiger partial charge in [-0.1, -0.05) is 0 Å². The number of amides is 1. The Hall–Kier alpha value is -0.650. The average molecular weight is 288 g/mol. The van der Waals surface area contributed by atoms with E-state index in [1.807, 2.05) is 41.5 Å². The highest BCUT2D eigenvalue weighted by Gasteiger charge is 2.42. The molecule has 20 heavy (non-hydrogen) atoms. The van der Waals surface area contributed by atoms with E-state index in [0.717, 1.165) is 0 Å². The predicted molar refractivity (Wildman–Crippen MR) is 81.6 cm³/mol. The van der Waals surface area contributed by atoms with Gasteiger partial charge >= 0.3 is 0 Å². The van der Waals surface area contributed by atoms with Crippen LogP contribution in [0.1, 0.15) is 41.5 Å². The monoisotopic (exact) mass is 288 g/mol. The normalized spacial score (nSPS) is 12.6. The smallest absolute Gasteiger partial charge is 0.230 e. The van der Waals surface area contributed by atoms with Crippen molar-refractivity contribution in [1.29, 1.82) is 0 Å². The maximum absolute atomic E-state index is 12.7. The van der Waals surface area contributed by atoms with Crippen molar-refractivity contribution in [2.24, 2.45) is 11.1 Å². The molecule has 0 aromatic rings. The molecule has 5 nitrogen and oxygen atoms in total. The van der Waals surface area contributed by atoms with Crippen LogP contribution >= 0.6 is 0 Å². The first-order chi connectivity index (χ1) is 9.18. The van der Waals surface area contributed by atoms with Crippen LogP contribution in [0.4, 0.5) is 0 Å². The molecule has 0 aromatic heterocycles. The van der Waals surface area contributed by atoms with E-state index < -0.39 is 11.0 Å². The van der Waals surface area contributed by atoms with Crippen molar-refractivity contribution in [3.8, 4) is 0 Å². The minimum Gasteiger partial charge on any atom is -0.380 e. The van der Waals surface area contributed by atoms with Crippen LogP contribution < -0.4 is 5.73 Å². The number of ether oxygens (including phenoxy) is 2. The molecule has 0 saturated carbocycles. The largest absolute Gasteiger partial charge is 0.380 e. The van der Waals surface area contributed by atoms with Crippen molar-refractivity contribution in [2.75, 3.05) is 39.5 Å². The summed E-state index contributed by atoms with van der Waals surface area (Å²) < 4.78 is 10.7. The molecule has 0 unspecified atom stereocenters. The highest BCUT2D eigenvalue weighted by atomic mass is 16.5. The van der Waals surface area contributed by atoms with Crippen LogP contribution in [0.5, 0.6) is 0 Å². The molecule has 0 aliphatic rings. The lowest BCUT2D eigenvalue weighted by atomic mass is 9.74. The quantitative estimate of drug-likeness (QED) is 0.621. The highest BCUT2D eigenvalue weighted by molar-refractivity contribution is 5.83. The molecule has 0 bridgehead atoms. The topological polar surface area (TPSA) is 64.8 Å². The molecule has 0 radical (unpaired) electrons. The second-order valence-electron chi connectivity index (χ2n) is 6.03. The van der Waals surface area contributed by atoms with E-state index in [2.05, 4.69) is 0 Å². The molecule has 0 rings (SSSR count). The van der Waals surface area contributed by atoms with Gasteiger partial charge in [0.25, 0.3) is 0 Å². The van der Waals surface area contributed by atoms with E-state index in [-0.39, 0.29) is 5.91 Å². The van der Waals surface area contributed by atoms with Crippen LogP contribution in [0.2, 0.25) is 0 Å². The summed E-state index contributed by atoms with van der Waals surface area (Å²) in [4.78, 5) is 14.5. The maximum atomic E-state index is 12.7. The molecule has 120 valence electrons. The van der Waals surface area contributed by atoms with Crippen molar-refractivity contribution in [1.82, 2.24) is 4.90 Å². The van der Waals surface area contributed by atoms with Gasteiger partial charge < -0.3 is 20.1 Å². The Bertz CT molecular complexity index is 275. The molecule has 1 amide bonds. The van der Waals surface area contributed by atoms with E-state index in [1.54, 1.807) is 4.90 Å². The first-order valence-electron chi connectivity index (χ1n) is 7.42. The van der Waals surface area contributed by atoms with Gasteiger partial charge in [0.15, 0.2) is 0 Å². The van der Waals surface area contributed by atoms with E-state index in [0.29, 0.717) is 39.5 Å². The lowest BCUT2D eigenvalue weighted by Crippen LogP contribution is -2.57. The number of nitrogens with two attached hydrogens (primary N) is 1. The van der Waals surface area contributed by atoms with Gasteiger partial charge in [0.1, 0.15) is 0 Å². The van der Waals surface area contributed by atoms with Crippen LogP contribution in [-0.4, -0.2) is 55.9 Å². The van der Waals surface area contributed by atoms with Gasteiger partial charge in [0.2, 0.25) is 5.91 Å². The number of hydrogen-bond donors (Lipinski definition) is 1. The van der Waals surface area contributed by atoms with E-state index in [4.69, 9.17) is 15.2 Å². The maximum Gasteiger partial charge on any atom is 0.230 e. The molecular formula is C15H32N2O3. The third-order valence-electron chi connectivity index (χ3n) is 3.85. The summed E-state index contributed by atoms with van der Waals surface area (Å²) >= 11 is 0. The summed E-state index contributed by atoms with van der Waals surface area (Å²) in [7, 11) is 0. The van der Waals surface area contributed by atoms with Gasteiger partial charge in [-0.3, -0.25) is 4.79 Å². The van der Waals surface area contributed by atoms with Crippen molar-refractivity contribution < 1.29 is 14.3 Å². The number of nitrogens with zero attached hydrogens (tertiary/aromatic N) is 1. The zero-order valence-electron chi connectivity index (χ0n) is 14.0. The Labute approximate surface area is 123 Å². The number of hydrogen-bond acceptors (Lipinski definition) is 4. The van der Waals surface area contributed by atoms with Gasteiger partial charge in [0.05, 0.1) is 18.6 Å². The summed E-state index contributed by atoms with van der Waals surface area (Å²) in [5.41, 5.74) is 4.93. The highest BCUT2D eigenvalue weighted by Crippen LogP contribution is 2.30. The minimum absolute atomic E-state index is 0.0457. The molecule has 0 saturated heterocycles. The zero-order valence-corrected chi connectivity index (χ0v) is 14.0. The lowest BCUT2D eigenvalue weighted by molar-refractivity contribution is -0.145. The fraction of sp³-hybridized carbons (Fsp3) is 0.933. The van der Waals surface area contributed by atoms with Gasteiger partial charge in [-0.15, -0.1) is 0 Å². The Morgan fingerprint density at radius 3 is 1.70 bits per heavy atom. The molecular weight excluding hydrogens is 256 g/mol. The van der Waals surface area contributed by atoms with Crippen molar-refractivity contribution in [2.45, 2.75) is 47.1 Å². The van der Waals surface area contributed by atoms with Crippen LogP contribution in [0.25, 0.3) is 0 Å². The van der Waals surface area contributed by atoms with E-state index >= 15 is 0 Å². The fourth-order valence-electron chi connectivity index (χ4n) is 1.62. The molecule has 5 heteroatoms. The zero-order chi connectivity index (χ0) is 15.8. The molecule has 2 N–H and O–H groups in total. The van der Waals surface area contributed by atoms with Gasteiger partial charge in [-0.25, -0.2) is 0 Å². The van der Waals surface area contributed by atoms with Crippen LogP contribution in [0, 0.1) is 5.41 Å². The van der Waals surface area contributed by atoms with Crippen LogP contribution in [-0.2, 0) is 14.3 Å². The molecule has 0 aromatic carbocycles. The van der Waals surface area contributed by atoms with Gasteiger partial charge in [0, 0.05) is 31.8 Å². The van der Waals surface area contributed by atoms with Gasteiger partial charge in [-0.2, -0.15) is 0 Å². The van der Waals surface area contributed by atoms with E-state index in [9.17, 15) is 4.79 Å². The van der Waals surface area contributed by atoms with Crippen molar-refractivity contribution in [3.05, 3.63) is 0 Å². The standard InChI is InChI=1S/C15H32N2O3/c1-7-19-11-9-17(10-12-20-8-2)13(18)14(3,4)15(5,6)16/h7-12,16H2,1-6H3. The fourth-order valence-corrected chi connectivity index (χ4v) is 1.62. The minimum atomic E-state index is -0.634. The molecule has 0 fully saturated rings. The van der Waals surface area contributed by atoms with Crippen molar-refractivity contribution >= 4 is 5.91 Å². The summed E-state index contributed by atoms with van der Waals surface area (Å²) in [6.07, 6.45) is 0. The van der Waals surface area contributed by atoms with E-state index in [1.165, 1.54) is 0 Å². The van der Waals surface area contributed by atoms with Crippen LogP contribution in [0.15, 0.2) is 0 Å². The predicted octanol–water partition coefficient (Wildman–Crippen LogP) is 1.65. The summed E-state index contributed by atoms with van der Waals surface area (Å²) in [6.45, 7) is 15.0. The SMILES string of the molecule is CCOCCN(CCOCC)C(=O)C(C)(C)C(C)(C)N. The molecule has 0 aliphatic carbocycles. The lowest BCUT2D eigenvalue weighted by Gasteiger charge is -2.40. The summed E-state index contributed by atoms with van der Waals surface area (Å²) in [6, 6.07) is 0. The third-order valence-corrected chi connectivity index (χ3v) is 3.85. The Balaban J connectivity index is 4.76. The number of carbonyl (C=O) groups excluding carboxylic acids is 1. The van der Waals surface area contributed by atoms with Gasteiger partial charge in [-0.05, 0) is 41.5 Å². The summed E-state index contributed by atoms with van der Waals surface area (Å²) in [5.74, 6) is 0.0457. The second kappa shape index (κ2) is 8.60. The average Bonchev–Trinajstić information content (AvgIpc) is 2.35. The molecule has 0 spiro atoms. The Kier molecular flexibility index (Phi) is 8.32. The number of carbonyl (C=O) groups is 1. The number of rotatable bonds is 10. The molecule has 0 atom stereocenters. The second-order valence-corrected chi connectivity index (χ2v) is 6.03. The first kappa shape index (κ1) is 19.4.